The lowest BCUT2D eigenvalue weighted by atomic mass is 10.3. The third-order valence-electron chi connectivity index (χ3n) is 3.46. The van der Waals surface area contributed by atoms with Gasteiger partial charge in [0.05, 0.1) is 19.1 Å². The first-order valence-corrected chi connectivity index (χ1v) is 7.06. The number of hydrogen-bond donors (Lipinski definition) is 1. The number of methoxy groups -OCH3 is 1. The predicted molar refractivity (Wildman–Crippen MR) is 78.0 cm³/mol. The summed E-state index contributed by atoms with van der Waals surface area (Å²) in [5.41, 5.74) is 0.217. The molecule has 0 unspecified atom stereocenters. The Morgan fingerprint density at radius 2 is 2.23 bits per heavy atom. The largest absolute Gasteiger partial charge is 0.389 e. The van der Waals surface area contributed by atoms with Crippen LogP contribution in [-0.4, -0.2) is 71.9 Å². The van der Waals surface area contributed by atoms with Gasteiger partial charge in [-0.25, -0.2) is 9.97 Å². The van der Waals surface area contributed by atoms with E-state index < -0.39 is 6.10 Å². The number of β-amino-alcohol motifs (C(OH)–C–C–N with tert-alkyl or cyclic N) is 1. The molecule has 1 aliphatic rings. The lowest BCUT2D eigenvalue weighted by Crippen LogP contribution is -2.38. The van der Waals surface area contributed by atoms with Gasteiger partial charge in [0.25, 0.3) is 0 Å². The average Bonchev–Trinajstić information content (AvgIpc) is 2.74. The number of aliphatic hydroxyl groups is 1. The minimum Gasteiger partial charge on any atom is -0.389 e. The highest BCUT2D eigenvalue weighted by atomic mass is 16.5. The van der Waals surface area contributed by atoms with Crippen LogP contribution in [0.4, 0.5) is 5.82 Å². The molecular formula is C14H19N5O3. The number of anilines is 1. The fourth-order valence-corrected chi connectivity index (χ4v) is 2.40. The summed E-state index contributed by atoms with van der Waals surface area (Å²) in [7, 11) is 1.55. The van der Waals surface area contributed by atoms with Crippen LogP contribution < -0.4 is 4.90 Å². The van der Waals surface area contributed by atoms with Gasteiger partial charge in [-0.05, 0) is 0 Å². The van der Waals surface area contributed by atoms with E-state index in [2.05, 4.69) is 9.97 Å². The number of rotatable bonds is 4. The molecule has 0 aliphatic carbocycles. The zero-order valence-corrected chi connectivity index (χ0v) is 12.5. The van der Waals surface area contributed by atoms with Crippen LogP contribution in [-0.2, 0) is 9.53 Å². The van der Waals surface area contributed by atoms with E-state index in [-0.39, 0.29) is 24.6 Å². The molecule has 0 bridgehead atoms. The molecule has 1 aromatic heterocycles. The van der Waals surface area contributed by atoms with Crippen molar-refractivity contribution in [2.24, 2.45) is 0 Å². The van der Waals surface area contributed by atoms with Gasteiger partial charge in [0.15, 0.2) is 11.5 Å². The molecule has 1 aliphatic heterocycles. The first-order chi connectivity index (χ1) is 10.7. The predicted octanol–water partition coefficient (Wildman–Crippen LogP) is -0.606. The number of aromatic nitrogens is 2. The van der Waals surface area contributed by atoms with Crippen LogP contribution >= 0.6 is 0 Å². The summed E-state index contributed by atoms with van der Waals surface area (Å²) in [6, 6.07) is 2.00. The molecule has 1 saturated heterocycles. The Bertz CT molecular complexity index is 560. The number of carbonyl (C=O) groups excluding carboxylic acids is 1. The number of ether oxygens (including phenoxy) is 1. The number of hydrogen-bond acceptors (Lipinski definition) is 7. The molecular weight excluding hydrogens is 286 g/mol. The second-order valence-electron chi connectivity index (χ2n) is 5.02. The SMILES string of the molecule is COCCC(=O)N1CCN(c2nccnc2C#N)C[C@@H](O)C1. The molecule has 8 heteroatoms. The van der Waals surface area contributed by atoms with Crippen LogP contribution in [0, 0.1) is 11.3 Å². The zero-order valence-electron chi connectivity index (χ0n) is 12.5. The monoisotopic (exact) mass is 305 g/mol. The van der Waals surface area contributed by atoms with Crippen molar-refractivity contribution in [2.75, 3.05) is 44.8 Å². The standard InChI is InChI=1S/C14H19N5O3/c1-22-7-2-13(21)18-5-6-19(10-11(20)9-18)14-12(8-15)16-3-4-17-14/h3-4,11,20H,2,5-7,9-10H2,1H3/t11-/m0/s1. The summed E-state index contributed by atoms with van der Waals surface area (Å²) < 4.78 is 4.91. The summed E-state index contributed by atoms with van der Waals surface area (Å²) in [5.74, 6) is 0.387. The van der Waals surface area contributed by atoms with Gasteiger partial charge >= 0.3 is 0 Å². The van der Waals surface area contributed by atoms with Crippen LogP contribution in [0.25, 0.3) is 0 Å². The minimum atomic E-state index is -0.706. The van der Waals surface area contributed by atoms with Crippen molar-refractivity contribution in [3.05, 3.63) is 18.1 Å². The van der Waals surface area contributed by atoms with Gasteiger partial charge in [0.2, 0.25) is 5.91 Å². The highest BCUT2D eigenvalue weighted by Crippen LogP contribution is 2.17. The van der Waals surface area contributed by atoms with Gasteiger partial charge in [-0.1, -0.05) is 0 Å². The van der Waals surface area contributed by atoms with E-state index in [0.29, 0.717) is 32.1 Å². The normalized spacial score (nSPS) is 18.7. The van der Waals surface area contributed by atoms with E-state index >= 15 is 0 Å². The highest BCUT2D eigenvalue weighted by Gasteiger charge is 2.26. The van der Waals surface area contributed by atoms with Gasteiger partial charge in [0, 0.05) is 45.7 Å². The maximum atomic E-state index is 12.1. The molecule has 1 amide bonds. The van der Waals surface area contributed by atoms with Gasteiger partial charge < -0.3 is 19.6 Å². The van der Waals surface area contributed by atoms with E-state index in [9.17, 15) is 9.90 Å². The highest BCUT2D eigenvalue weighted by molar-refractivity contribution is 5.76. The molecule has 118 valence electrons. The Morgan fingerprint density at radius 1 is 1.45 bits per heavy atom. The van der Waals surface area contributed by atoms with E-state index in [0.717, 1.165) is 0 Å². The summed E-state index contributed by atoms with van der Waals surface area (Å²) in [6.07, 6.45) is 2.55. The summed E-state index contributed by atoms with van der Waals surface area (Å²) in [6.45, 7) is 1.88. The third-order valence-corrected chi connectivity index (χ3v) is 3.46. The van der Waals surface area contributed by atoms with Crippen molar-refractivity contribution in [1.82, 2.24) is 14.9 Å². The van der Waals surface area contributed by atoms with Crippen molar-refractivity contribution in [1.29, 1.82) is 5.26 Å². The van der Waals surface area contributed by atoms with Crippen LogP contribution in [0.1, 0.15) is 12.1 Å². The van der Waals surface area contributed by atoms with Crippen molar-refractivity contribution < 1.29 is 14.6 Å². The second kappa shape index (κ2) is 7.68. The fourth-order valence-electron chi connectivity index (χ4n) is 2.40. The average molecular weight is 305 g/mol. The second-order valence-corrected chi connectivity index (χ2v) is 5.02. The topological polar surface area (TPSA) is 103 Å². The maximum absolute atomic E-state index is 12.1. The van der Waals surface area contributed by atoms with E-state index in [1.54, 1.807) is 16.9 Å². The molecule has 2 heterocycles. The summed E-state index contributed by atoms with van der Waals surface area (Å²) in [4.78, 5) is 23.6. The number of nitriles is 1. The molecule has 2 rings (SSSR count). The molecule has 0 spiro atoms. The fraction of sp³-hybridized carbons (Fsp3) is 0.571. The lowest BCUT2D eigenvalue weighted by molar-refractivity contribution is -0.133. The van der Waals surface area contributed by atoms with Crippen LogP contribution in [0.15, 0.2) is 12.4 Å². The molecule has 0 radical (unpaired) electrons. The molecule has 8 nitrogen and oxygen atoms in total. The zero-order chi connectivity index (χ0) is 15.9. The van der Waals surface area contributed by atoms with Gasteiger partial charge in [0.1, 0.15) is 6.07 Å². The first-order valence-electron chi connectivity index (χ1n) is 7.06. The van der Waals surface area contributed by atoms with Crippen LogP contribution in [0.5, 0.6) is 0 Å². The molecule has 22 heavy (non-hydrogen) atoms. The van der Waals surface area contributed by atoms with E-state index in [1.165, 1.54) is 12.4 Å². The van der Waals surface area contributed by atoms with Gasteiger partial charge in [-0.2, -0.15) is 5.26 Å². The molecule has 1 N–H and O–H groups in total. The van der Waals surface area contributed by atoms with Crippen LogP contribution in [0.3, 0.4) is 0 Å². The van der Waals surface area contributed by atoms with Gasteiger partial charge in [-0.3, -0.25) is 4.79 Å². The number of nitrogens with zero attached hydrogens (tertiary/aromatic N) is 5. The Morgan fingerprint density at radius 3 is 2.95 bits per heavy atom. The van der Waals surface area contributed by atoms with Gasteiger partial charge in [-0.15, -0.1) is 0 Å². The first kappa shape index (κ1) is 16.1. The smallest absolute Gasteiger partial charge is 0.225 e. The number of carbonyl (C=O) groups is 1. The molecule has 1 fully saturated rings. The number of aliphatic hydroxyl groups excluding tert-OH is 1. The molecule has 0 saturated carbocycles. The molecule has 0 aromatic carbocycles. The van der Waals surface area contributed by atoms with Crippen molar-refractivity contribution in [2.45, 2.75) is 12.5 Å². The molecule has 1 aromatic rings. The van der Waals surface area contributed by atoms with Crippen molar-refractivity contribution >= 4 is 11.7 Å². The van der Waals surface area contributed by atoms with Crippen LogP contribution in [0.2, 0.25) is 0 Å². The Hall–Kier alpha value is -2.24. The maximum Gasteiger partial charge on any atom is 0.225 e. The van der Waals surface area contributed by atoms with Crippen molar-refractivity contribution in [3.63, 3.8) is 0 Å². The van der Waals surface area contributed by atoms with E-state index in [1.807, 2.05) is 6.07 Å². The third kappa shape index (κ3) is 3.90. The number of amides is 1. The minimum absolute atomic E-state index is 0.0533. The Labute approximate surface area is 128 Å². The van der Waals surface area contributed by atoms with Crippen molar-refractivity contribution in [3.8, 4) is 6.07 Å². The lowest BCUT2D eigenvalue weighted by Gasteiger charge is -2.22. The molecule has 1 atom stereocenters. The summed E-state index contributed by atoms with van der Waals surface area (Å²) >= 11 is 0. The van der Waals surface area contributed by atoms with E-state index in [4.69, 9.17) is 10.00 Å². The Kier molecular flexibility index (Phi) is 5.63. The quantitative estimate of drug-likeness (QED) is 0.792. The Balaban J connectivity index is 2.09. The summed E-state index contributed by atoms with van der Waals surface area (Å²) in [5, 5.41) is 19.2.